The maximum absolute atomic E-state index is 11.4. The summed E-state index contributed by atoms with van der Waals surface area (Å²) in [7, 11) is 0. The van der Waals surface area contributed by atoms with Gasteiger partial charge in [-0.1, -0.05) is 24.3 Å². The largest absolute Gasteiger partial charge is 0.479 e. The molecule has 0 spiro atoms. The summed E-state index contributed by atoms with van der Waals surface area (Å²) in [6.07, 6.45) is 2.99. The molecule has 3 rings (SSSR count). The van der Waals surface area contributed by atoms with Crippen LogP contribution in [0.15, 0.2) is 42.7 Å². The van der Waals surface area contributed by atoms with E-state index in [-0.39, 0.29) is 0 Å². The van der Waals surface area contributed by atoms with Gasteiger partial charge in [0, 0.05) is 23.5 Å². The molecular weight excluding hydrogens is 218 g/mol. The molecule has 4 heteroatoms. The van der Waals surface area contributed by atoms with Gasteiger partial charge in [-0.2, -0.15) is 0 Å². The van der Waals surface area contributed by atoms with Crippen molar-refractivity contribution in [2.75, 3.05) is 0 Å². The Hall–Kier alpha value is -2.20. The molecule has 0 saturated heterocycles. The van der Waals surface area contributed by atoms with Gasteiger partial charge in [0.1, 0.15) is 0 Å². The summed E-state index contributed by atoms with van der Waals surface area (Å²) in [6.45, 7) is 0. The van der Waals surface area contributed by atoms with Gasteiger partial charge in [-0.25, -0.2) is 4.79 Å². The van der Waals surface area contributed by atoms with Crippen molar-refractivity contribution >= 4 is 5.97 Å². The standard InChI is InChI=1S/C13H9NO3/c15-12(16)13(17)10-4-2-1-3-8(10)9-5-6-14-7-11(9)13/h1-7,17H,(H,15,16)/t13-/m0/s1. The summed E-state index contributed by atoms with van der Waals surface area (Å²) < 4.78 is 0. The number of carboxylic acids is 1. The third-order valence-corrected chi connectivity index (χ3v) is 3.13. The third kappa shape index (κ3) is 1.10. The van der Waals surface area contributed by atoms with Gasteiger partial charge < -0.3 is 10.2 Å². The molecule has 0 bridgehead atoms. The van der Waals surface area contributed by atoms with Gasteiger partial charge >= 0.3 is 5.97 Å². The second kappa shape index (κ2) is 3.15. The molecule has 17 heavy (non-hydrogen) atoms. The average molecular weight is 227 g/mol. The normalized spacial score (nSPS) is 20.8. The molecule has 1 aliphatic carbocycles. The number of carbonyl (C=O) groups is 1. The van der Waals surface area contributed by atoms with Crippen molar-refractivity contribution in [3.8, 4) is 11.1 Å². The van der Waals surface area contributed by atoms with Gasteiger partial charge in [0.05, 0.1) is 0 Å². The monoisotopic (exact) mass is 227 g/mol. The minimum Gasteiger partial charge on any atom is -0.479 e. The Balaban J connectivity index is 2.43. The molecule has 0 saturated carbocycles. The van der Waals surface area contributed by atoms with Crippen molar-refractivity contribution in [3.63, 3.8) is 0 Å². The summed E-state index contributed by atoms with van der Waals surface area (Å²) >= 11 is 0. The minimum atomic E-state index is -1.99. The summed E-state index contributed by atoms with van der Waals surface area (Å²) in [4.78, 5) is 15.3. The second-order valence-electron chi connectivity index (χ2n) is 3.98. The van der Waals surface area contributed by atoms with E-state index in [2.05, 4.69) is 4.98 Å². The van der Waals surface area contributed by atoms with Crippen LogP contribution >= 0.6 is 0 Å². The molecule has 0 aliphatic heterocycles. The van der Waals surface area contributed by atoms with E-state index in [4.69, 9.17) is 0 Å². The van der Waals surface area contributed by atoms with Crippen LogP contribution in [0.1, 0.15) is 11.1 Å². The number of benzene rings is 1. The Morgan fingerprint density at radius 1 is 1.12 bits per heavy atom. The van der Waals surface area contributed by atoms with Crippen LogP contribution < -0.4 is 0 Å². The number of aliphatic hydroxyl groups is 1. The summed E-state index contributed by atoms with van der Waals surface area (Å²) in [5.74, 6) is -1.28. The predicted octanol–water partition coefficient (Wildman–Crippen LogP) is 1.38. The molecule has 1 atom stereocenters. The summed E-state index contributed by atoms with van der Waals surface area (Å²) in [5.41, 5.74) is 0.208. The summed E-state index contributed by atoms with van der Waals surface area (Å²) in [6, 6.07) is 8.68. The fraction of sp³-hybridized carbons (Fsp3) is 0.0769. The Bertz CT molecular complexity index is 576. The van der Waals surface area contributed by atoms with Crippen LogP contribution in [0.4, 0.5) is 0 Å². The highest BCUT2D eigenvalue weighted by Gasteiger charge is 2.48. The van der Waals surface area contributed by atoms with Crippen molar-refractivity contribution in [2.45, 2.75) is 5.60 Å². The number of pyridine rings is 1. The van der Waals surface area contributed by atoms with E-state index in [0.717, 1.165) is 11.1 Å². The number of nitrogens with zero attached hydrogens (tertiary/aromatic N) is 1. The van der Waals surface area contributed by atoms with E-state index in [1.165, 1.54) is 6.20 Å². The third-order valence-electron chi connectivity index (χ3n) is 3.13. The molecule has 0 amide bonds. The van der Waals surface area contributed by atoms with Crippen LogP contribution in [0.5, 0.6) is 0 Å². The zero-order valence-electron chi connectivity index (χ0n) is 8.79. The molecule has 84 valence electrons. The Kier molecular flexibility index (Phi) is 1.85. The molecule has 0 unspecified atom stereocenters. The van der Waals surface area contributed by atoms with Gasteiger partial charge in [-0.05, 0) is 17.2 Å². The number of rotatable bonds is 1. The molecule has 1 aliphatic rings. The smallest absolute Gasteiger partial charge is 0.345 e. The number of hydrogen-bond acceptors (Lipinski definition) is 3. The van der Waals surface area contributed by atoms with E-state index in [0.29, 0.717) is 11.1 Å². The lowest BCUT2D eigenvalue weighted by molar-refractivity contribution is -0.154. The van der Waals surface area contributed by atoms with Crippen LogP contribution in [0.3, 0.4) is 0 Å². The molecule has 1 heterocycles. The molecule has 1 aromatic heterocycles. The van der Waals surface area contributed by atoms with Crippen molar-refractivity contribution < 1.29 is 15.0 Å². The van der Waals surface area contributed by atoms with E-state index >= 15 is 0 Å². The highest BCUT2D eigenvalue weighted by molar-refractivity contribution is 5.94. The lowest BCUT2D eigenvalue weighted by Crippen LogP contribution is -2.34. The zero-order valence-corrected chi connectivity index (χ0v) is 8.79. The van der Waals surface area contributed by atoms with E-state index in [1.54, 1.807) is 30.5 Å². The maximum Gasteiger partial charge on any atom is 0.345 e. The second-order valence-corrected chi connectivity index (χ2v) is 3.98. The van der Waals surface area contributed by atoms with E-state index in [9.17, 15) is 15.0 Å². The van der Waals surface area contributed by atoms with Gasteiger partial charge in [0.15, 0.2) is 0 Å². The zero-order chi connectivity index (χ0) is 12.0. The molecule has 2 aromatic rings. The first-order valence-electron chi connectivity index (χ1n) is 5.16. The molecular formula is C13H9NO3. The summed E-state index contributed by atoms with van der Waals surface area (Å²) in [5, 5.41) is 19.7. The SMILES string of the molecule is O=C(O)[C@]1(O)c2ccccc2-c2ccncc21. The van der Waals surface area contributed by atoms with Crippen LogP contribution in [-0.2, 0) is 10.4 Å². The van der Waals surface area contributed by atoms with Gasteiger partial charge in [0.2, 0.25) is 5.60 Å². The highest BCUT2D eigenvalue weighted by atomic mass is 16.4. The van der Waals surface area contributed by atoms with Gasteiger partial charge in [0.25, 0.3) is 0 Å². The van der Waals surface area contributed by atoms with Crippen molar-refractivity contribution in [1.29, 1.82) is 0 Å². The Labute approximate surface area is 97.2 Å². The fourth-order valence-corrected chi connectivity index (χ4v) is 2.33. The maximum atomic E-state index is 11.4. The van der Waals surface area contributed by atoms with E-state index in [1.807, 2.05) is 6.07 Å². The highest BCUT2D eigenvalue weighted by Crippen LogP contribution is 2.46. The lowest BCUT2D eigenvalue weighted by atomic mass is 9.93. The number of carboxylic acid groups (broad SMARTS) is 1. The quantitative estimate of drug-likeness (QED) is 0.772. The molecule has 2 N–H and O–H groups in total. The Morgan fingerprint density at radius 3 is 2.59 bits per heavy atom. The fourth-order valence-electron chi connectivity index (χ4n) is 2.33. The topological polar surface area (TPSA) is 70.4 Å². The first-order chi connectivity index (χ1) is 8.15. The number of aliphatic carboxylic acids is 1. The number of aromatic nitrogens is 1. The van der Waals surface area contributed by atoms with Gasteiger partial charge in [-0.3, -0.25) is 4.98 Å². The lowest BCUT2D eigenvalue weighted by Gasteiger charge is -2.19. The number of hydrogen-bond donors (Lipinski definition) is 2. The van der Waals surface area contributed by atoms with Gasteiger partial charge in [-0.15, -0.1) is 0 Å². The first-order valence-corrected chi connectivity index (χ1v) is 5.16. The molecule has 4 nitrogen and oxygen atoms in total. The van der Waals surface area contributed by atoms with Crippen molar-refractivity contribution in [1.82, 2.24) is 4.98 Å². The molecule has 0 radical (unpaired) electrons. The molecule has 1 aromatic carbocycles. The average Bonchev–Trinajstić information content (AvgIpc) is 2.63. The van der Waals surface area contributed by atoms with Crippen LogP contribution in [0.2, 0.25) is 0 Å². The molecule has 0 fully saturated rings. The number of fused-ring (bicyclic) bond motifs is 3. The minimum absolute atomic E-state index is 0.328. The predicted molar refractivity (Wildman–Crippen MR) is 60.3 cm³/mol. The first kappa shape index (κ1) is 9.99. The van der Waals surface area contributed by atoms with Crippen molar-refractivity contribution in [2.24, 2.45) is 0 Å². The Morgan fingerprint density at radius 2 is 1.82 bits per heavy atom. The van der Waals surface area contributed by atoms with Crippen LogP contribution in [0, 0.1) is 0 Å². The van der Waals surface area contributed by atoms with E-state index < -0.39 is 11.6 Å². The van der Waals surface area contributed by atoms with Crippen LogP contribution in [-0.4, -0.2) is 21.2 Å². The van der Waals surface area contributed by atoms with Crippen molar-refractivity contribution in [3.05, 3.63) is 53.9 Å². The van der Waals surface area contributed by atoms with Crippen LogP contribution in [0.25, 0.3) is 11.1 Å².